The highest BCUT2D eigenvalue weighted by molar-refractivity contribution is 8.00. The summed E-state index contributed by atoms with van der Waals surface area (Å²) in [5.74, 6) is 2.01. The molecule has 1 aliphatic rings. The van der Waals surface area contributed by atoms with Gasteiger partial charge >= 0.3 is 0 Å². The largest absolute Gasteiger partial charge is 0.496 e. The van der Waals surface area contributed by atoms with Crippen molar-refractivity contribution < 1.29 is 19.0 Å². The van der Waals surface area contributed by atoms with Gasteiger partial charge in [-0.25, -0.2) is 0 Å². The molecule has 0 saturated carbocycles. The van der Waals surface area contributed by atoms with E-state index >= 15 is 0 Å². The van der Waals surface area contributed by atoms with Crippen LogP contribution in [0.1, 0.15) is 18.1 Å². The molecule has 0 fully saturated rings. The van der Waals surface area contributed by atoms with Crippen LogP contribution in [-0.4, -0.2) is 31.5 Å². The van der Waals surface area contributed by atoms with Gasteiger partial charge in [0, 0.05) is 23.1 Å². The van der Waals surface area contributed by atoms with E-state index in [4.69, 9.17) is 14.2 Å². The van der Waals surface area contributed by atoms with Crippen molar-refractivity contribution in [1.29, 1.82) is 0 Å². The molecule has 1 amide bonds. The van der Waals surface area contributed by atoms with Crippen molar-refractivity contribution in [2.45, 2.75) is 30.5 Å². The van der Waals surface area contributed by atoms with Crippen LogP contribution in [0.2, 0.25) is 0 Å². The lowest BCUT2D eigenvalue weighted by Gasteiger charge is -2.21. The van der Waals surface area contributed by atoms with E-state index in [0.29, 0.717) is 37.0 Å². The van der Waals surface area contributed by atoms with Crippen LogP contribution < -0.4 is 19.5 Å². The average Bonchev–Trinajstić information content (AvgIpc) is 2.67. The van der Waals surface area contributed by atoms with E-state index in [1.807, 2.05) is 44.2 Å². The first kappa shape index (κ1) is 18.5. The van der Waals surface area contributed by atoms with Gasteiger partial charge in [-0.3, -0.25) is 4.79 Å². The fourth-order valence-electron chi connectivity index (χ4n) is 2.64. The second-order valence-corrected chi connectivity index (χ2v) is 7.51. The summed E-state index contributed by atoms with van der Waals surface area (Å²) in [5.41, 5.74) is 2.06. The summed E-state index contributed by atoms with van der Waals surface area (Å²) < 4.78 is 16.6. The third-order valence-electron chi connectivity index (χ3n) is 4.10. The number of hydrogen-bond acceptors (Lipinski definition) is 5. The maximum Gasteiger partial charge on any atom is 0.233 e. The van der Waals surface area contributed by atoms with Gasteiger partial charge in [-0.15, -0.1) is 11.8 Å². The van der Waals surface area contributed by atoms with Crippen molar-refractivity contribution in [1.82, 2.24) is 5.32 Å². The number of ether oxygens (including phenoxy) is 3. The number of amides is 1. The number of benzene rings is 2. The first-order chi connectivity index (χ1) is 12.6. The van der Waals surface area contributed by atoms with Crippen LogP contribution >= 0.6 is 11.8 Å². The lowest BCUT2D eigenvalue weighted by molar-refractivity contribution is -0.120. The van der Waals surface area contributed by atoms with Gasteiger partial charge in [-0.1, -0.05) is 17.7 Å². The second kappa shape index (κ2) is 8.36. The van der Waals surface area contributed by atoms with Crippen molar-refractivity contribution in [3.05, 3.63) is 47.5 Å². The molecule has 0 bridgehead atoms. The molecule has 2 aromatic rings. The van der Waals surface area contributed by atoms with Crippen molar-refractivity contribution in [2.24, 2.45) is 0 Å². The first-order valence-corrected chi connectivity index (χ1v) is 9.42. The maximum atomic E-state index is 12.4. The van der Waals surface area contributed by atoms with Crippen molar-refractivity contribution in [3.63, 3.8) is 0 Å². The third-order valence-corrected chi connectivity index (χ3v) is 5.21. The molecule has 26 heavy (non-hydrogen) atoms. The Morgan fingerprint density at radius 3 is 2.50 bits per heavy atom. The molecule has 5 nitrogen and oxygen atoms in total. The summed E-state index contributed by atoms with van der Waals surface area (Å²) in [4.78, 5) is 13.5. The van der Waals surface area contributed by atoms with Crippen LogP contribution in [0, 0.1) is 6.92 Å². The molecule has 0 aliphatic carbocycles. The highest BCUT2D eigenvalue weighted by Crippen LogP contribution is 2.36. The number of carbonyl (C=O) groups is 1. The number of carbonyl (C=O) groups excluding carboxylic acids is 1. The number of hydrogen-bond donors (Lipinski definition) is 1. The van der Waals surface area contributed by atoms with E-state index in [0.717, 1.165) is 10.5 Å². The number of fused-ring (bicyclic) bond motifs is 1. The molecule has 3 rings (SSSR count). The molecular weight excluding hydrogens is 350 g/mol. The summed E-state index contributed by atoms with van der Waals surface area (Å²) in [5, 5.41) is 2.78. The van der Waals surface area contributed by atoms with Crippen LogP contribution in [-0.2, 0) is 11.3 Å². The van der Waals surface area contributed by atoms with Crippen molar-refractivity contribution in [3.8, 4) is 17.2 Å². The Labute approximate surface area is 158 Å². The first-order valence-electron chi connectivity index (χ1n) is 8.54. The van der Waals surface area contributed by atoms with Crippen LogP contribution in [0.15, 0.2) is 41.3 Å². The van der Waals surface area contributed by atoms with E-state index in [2.05, 4.69) is 5.32 Å². The number of thioether (sulfide) groups is 1. The Kier molecular flexibility index (Phi) is 5.93. The number of nitrogens with one attached hydrogen (secondary N) is 1. The molecule has 1 unspecified atom stereocenters. The molecule has 0 radical (unpaired) electrons. The van der Waals surface area contributed by atoms with E-state index in [9.17, 15) is 4.79 Å². The van der Waals surface area contributed by atoms with Crippen LogP contribution in [0.5, 0.6) is 17.2 Å². The van der Waals surface area contributed by atoms with Gasteiger partial charge in [0.25, 0.3) is 0 Å². The van der Waals surface area contributed by atoms with Gasteiger partial charge in [-0.05, 0) is 32.0 Å². The molecule has 1 aliphatic heterocycles. The zero-order chi connectivity index (χ0) is 18.5. The topological polar surface area (TPSA) is 56.8 Å². The smallest absolute Gasteiger partial charge is 0.233 e. The van der Waals surface area contributed by atoms with Crippen LogP contribution in [0.3, 0.4) is 0 Å². The molecule has 6 heteroatoms. The minimum Gasteiger partial charge on any atom is -0.496 e. The molecular formula is C20H23NO4S. The summed E-state index contributed by atoms with van der Waals surface area (Å²) in [6, 6.07) is 11.8. The highest BCUT2D eigenvalue weighted by atomic mass is 32.2. The van der Waals surface area contributed by atoms with Crippen molar-refractivity contribution in [2.75, 3.05) is 20.3 Å². The van der Waals surface area contributed by atoms with E-state index < -0.39 is 0 Å². The van der Waals surface area contributed by atoms with Gasteiger partial charge < -0.3 is 19.5 Å². The Balaban J connectivity index is 1.62. The Morgan fingerprint density at radius 2 is 1.85 bits per heavy atom. The lowest BCUT2D eigenvalue weighted by atomic mass is 10.1. The number of aryl methyl sites for hydroxylation is 1. The molecule has 0 saturated heterocycles. The zero-order valence-corrected chi connectivity index (χ0v) is 16.0. The third kappa shape index (κ3) is 4.43. The summed E-state index contributed by atoms with van der Waals surface area (Å²) in [6.07, 6.45) is 0. The zero-order valence-electron chi connectivity index (χ0n) is 15.2. The van der Waals surface area contributed by atoms with Gasteiger partial charge in [0.1, 0.15) is 19.0 Å². The maximum absolute atomic E-state index is 12.4. The summed E-state index contributed by atoms with van der Waals surface area (Å²) >= 11 is 1.54. The fourth-order valence-corrected chi connectivity index (χ4v) is 3.53. The molecule has 1 heterocycles. The second-order valence-electron chi connectivity index (χ2n) is 6.10. The monoisotopic (exact) mass is 373 g/mol. The number of methoxy groups -OCH3 is 1. The summed E-state index contributed by atoms with van der Waals surface area (Å²) in [6.45, 7) is 5.37. The number of rotatable bonds is 6. The van der Waals surface area contributed by atoms with E-state index in [1.165, 1.54) is 5.56 Å². The Hall–Kier alpha value is -2.34. The average molecular weight is 373 g/mol. The molecule has 0 aromatic heterocycles. The quantitative estimate of drug-likeness (QED) is 0.785. The molecule has 2 aromatic carbocycles. The standard InChI is InChI=1S/C20H23NO4S/c1-13-4-6-16(7-5-13)26-14(2)20(22)21-12-15-10-18-19(11-17(15)23-3)25-9-8-24-18/h4-7,10-11,14H,8-9,12H2,1-3H3,(H,21,22). The summed E-state index contributed by atoms with van der Waals surface area (Å²) in [7, 11) is 1.60. The van der Waals surface area contributed by atoms with Crippen molar-refractivity contribution >= 4 is 17.7 Å². The lowest BCUT2D eigenvalue weighted by Crippen LogP contribution is -2.30. The van der Waals surface area contributed by atoms with Gasteiger partial charge in [0.05, 0.1) is 12.4 Å². The van der Waals surface area contributed by atoms with Crippen LogP contribution in [0.4, 0.5) is 0 Å². The SMILES string of the molecule is COc1cc2c(cc1CNC(=O)C(C)Sc1ccc(C)cc1)OCCO2. The fraction of sp³-hybridized carbons (Fsp3) is 0.350. The molecule has 138 valence electrons. The Morgan fingerprint density at radius 1 is 1.19 bits per heavy atom. The van der Waals surface area contributed by atoms with Gasteiger partial charge in [0.15, 0.2) is 11.5 Å². The minimum absolute atomic E-state index is 0.0208. The molecule has 1 N–H and O–H groups in total. The Bertz CT molecular complexity index is 776. The van der Waals surface area contributed by atoms with Gasteiger partial charge in [-0.2, -0.15) is 0 Å². The normalized spacial score (nSPS) is 13.8. The minimum atomic E-state index is -0.194. The van der Waals surface area contributed by atoms with E-state index in [-0.39, 0.29) is 11.2 Å². The molecule has 1 atom stereocenters. The van der Waals surface area contributed by atoms with Gasteiger partial charge in [0.2, 0.25) is 5.91 Å². The van der Waals surface area contributed by atoms with E-state index in [1.54, 1.807) is 24.9 Å². The van der Waals surface area contributed by atoms with Crippen LogP contribution in [0.25, 0.3) is 0 Å². The molecule has 0 spiro atoms. The predicted octanol–water partition coefficient (Wildman–Crippen LogP) is 3.57. The predicted molar refractivity (Wildman–Crippen MR) is 102 cm³/mol. The highest BCUT2D eigenvalue weighted by Gasteiger charge is 2.18.